The Labute approximate surface area is 113 Å². The lowest BCUT2D eigenvalue weighted by Crippen LogP contribution is -2.16. The van der Waals surface area contributed by atoms with Gasteiger partial charge in [0.1, 0.15) is 5.69 Å². The van der Waals surface area contributed by atoms with Gasteiger partial charge < -0.3 is 9.67 Å². The van der Waals surface area contributed by atoms with Gasteiger partial charge in [-0.25, -0.2) is 9.59 Å². The van der Waals surface area contributed by atoms with E-state index in [0.717, 1.165) is 16.5 Å². The van der Waals surface area contributed by atoms with E-state index < -0.39 is 11.7 Å². The highest BCUT2D eigenvalue weighted by molar-refractivity contribution is 5.96. The van der Waals surface area contributed by atoms with E-state index in [4.69, 9.17) is 5.11 Å². The number of hydrogen-bond donors (Lipinski definition) is 2. The molecule has 6 heteroatoms. The van der Waals surface area contributed by atoms with E-state index in [9.17, 15) is 9.59 Å². The zero-order valence-corrected chi connectivity index (χ0v) is 10.6. The van der Waals surface area contributed by atoms with Gasteiger partial charge in [0.25, 0.3) is 0 Å². The van der Waals surface area contributed by atoms with Crippen LogP contribution in [0.3, 0.4) is 0 Å². The Morgan fingerprint density at radius 2 is 2.10 bits per heavy atom. The number of aromatic carboxylic acids is 1. The summed E-state index contributed by atoms with van der Waals surface area (Å²) in [7, 11) is 1.89. The van der Waals surface area contributed by atoms with Gasteiger partial charge in [-0.1, -0.05) is 18.2 Å². The average molecular weight is 269 g/mol. The molecule has 0 radical (unpaired) electrons. The third-order valence-corrected chi connectivity index (χ3v) is 3.15. The molecule has 3 aromatic rings. The zero-order valence-electron chi connectivity index (χ0n) is 10.6. The number of rotatable bonds is 2. The molecule has 20 heavy (non-hydrogen) atoms. The maximum atomic E-state index is 11.5. The Hall–Kier alpha value is -2.89. The van der Waals surface area contributed by atoms with E-state index in [1.165, 1.54) is 6.07 Å². The van der Waals surface area contributed by atoms with E-state index in [0.29, 0.717) is 5.69 Å². The third-order valence-electron chi connectivity index (χ3n) is 3.15. The molecular weight excluding hydrogens is 258 g/mol. The van der Waals surface area contributed by atoms with Crippen LogP contribution in [0.25, 0.3) is 22.2 Å². The van der Waals surface area contributed by atoms with E-state index >= 15 is 0 Å². The highest BCUT2D eigenvalue weighted by atomic mass is 16.4. The fourth-order valence-electron chi connectivity index (χ4n) is 2.26. The van der Waals surface area contributed by atoms with Crippen LogP contribution >= 0.6 is 0 Å². The SMILES string of the molecule is Cn1cc(-c2cc(C(=O)O)[nH]c(=O)n2)c2ccccc21. The number of carbonyl (C=O) groups is 1. The van der Waals surface area contributed by atoms with Crippen LogP contribution in [0.4, 0.5) is 0 Å². The number of nitrogens with one attached hydrogen (secondary N) is 1. The molecule has 0 saturated heterocycles. The van der Waals surface area contributed by atoms with Gasteiger partial charge in [0.2, 0.25) is 0 Å². The first-order valence-corrected chi connectivity index (χ1v) is 5.95. The molecule has 0 atom stereocenters. The molecule has 0 saturated carbocycles. The number of aromatic nitrogens is 3. The molecule has 6 nitrogen and oxygen atoms in total. The zero-order chi connectivity index (χ0) is 14.3. The Kier molecular flexibility index (Phi) is 2.64. The molecule has 0 spiro atoms. The summed E-state index contributed by atoms with van der Waals surface area (Å²) in [6.45, 7) is 0. The van der Waals surface area contributed by atoms with Crippen molar-refractivity contribution in [1.82, 2.24) is 14.5 Å². The van der Waals surface area contributed by atoms with Crippen molar-refractivity contribution < 1.29 is 9.90 Å². The molecule has 0 fully saturated rings. The van der Waals surface area contributed by atoms with Crippen molar-refractivity contribution in [3.63, 3.8) is 0 Å². The molecule has 1 aromatic carbocycles. The van der Waals surface area contributed by atoms with Crippen LogP contribution < -0.4 is 5.69 Å². The highest BCUT2D eigenvalue weighted by Crippen LogP contribution is 2.28. The number of para-hydroxylation sites is 1. The van der Waals surface area contributed by atoms with Gasteiger partial charge in [-0.15, -0.1) is 0 Å². The van der Waals surface area contributed by atoms with Crippen molar-refractivity contribution in [2.45, 2.75) is 0 Å². The second-order valence-corrected chi connectivity index (χ2v) is 4.46. The minimum atomic E-state index is -1.19. The number of aromatic amines is 1. The molecule has 2 N–H and O–H groups in total. The van der Waals surface area contributed by atoms with Crippen LogP contribution in [0.2, 0.25) is 0 Å². The van der Waals surface area contributed by atoms with Crippen LogP contribution in [-0.4, -0.2) is 25.6 Å². The van der Waals surface area contributed by atoms with E-state index in [1.54, 1.807) is 0 Å². The lowest BCUT2D eigenvalue weighted by Gasteiger charge is -2.00. The normalized spacial score (nSPS) is 10.8. The topological polar surface area (TPSA) is 88.0 Å². The van der Waals surface area contributed by atoms with Crippen LogP contribution in [0, 0.1) is 0 Å². The predicted octanol–water partition coefficient (Wildman–Crippen LogP) is 1.63. The number of benzene rings is 1. The van der Waals surface area contributed by atoms with Crippen molar-refractivity contribution in [3.8, 4) is 11.3 Å². The first kappa shape index (κ1) is 12.2. The highest BCUT2D eigenvalue weighted by Gasteiger charge is 2.13. The molecule has 0 aliphatic heterocycles. The largest absolute Gasteiger partial charge is 0.477 e. The Morgan fingerprint density at radius 3 is 2.85 bits per heavy atom. The summed E-state index contributed by atoms with van der Waals surface area (Å²) in [6, 6.07) is 9.03. The summed E-state index contributed by atoms with van der Waals surface area (Å²) in [6.07, 6.45) is 1.83. The Morgan fingerprint density at radius 1 is 1.35 bits per heavy atom. The molecule has 0 amide bonds. The van der Waals surface area contributed by atoms with E-state index in [2.05, 4.69) is 9.97 Å². The first-order valence-electron chi connectivity index (χ1n) is 5.95. The lowest BCUT2D eigenvalue weighted by atomic mass is 10.1. The fraction of sp³-hybridized carbons (Fsp3) is 0.0714. The van der Waals surface area contributed by atoms with Crippen molar-refractivity contribution >= 4 is 16.9 Å². The maximum absolute atomic E-state index is 11.5. The van der Waals surface area contributed by atoms with Gasteiger partial charge in [-0.3, -0.25) is 4.98 Å². The van der Waals surface area contributed by atoms with Crippen LogP contribution in [0.1, 0.15) is 10.5 Å². The number of carboxylic acid groups (broad SMARTS) is 1. The van der Waals surface area contributed by atoms with E-state index in [-0.39, 0.29) is 5.69 Å². The smallest absolute Gasteiger partial charge is 0.352 e. The number of nitrogens with zero attached hydrogens (tertiary/aromatic N) is 2. The van der Waals surface area contributed by atoms with Gasteiger partial charge >= 0.3 is 11.7 Å². The first-order chi connectivity index (χ1) is 9.56. The van der Waals surface area contributed by atoms with Crippen LogP contribution in [-0.2, 0) is 7.05 Å². The summed E-state index contributed by atoms with van der Waals surface area (Å²) in [5.41, 5.74) is 1.22. The summed E-state index contributed by atoms with van der Waals surface area (Å²) in [4.78, 5) is 28.6. The monoisotopic (exact) mass is 269 g/mol. The summed E-state index contributed by atoms with van der Waals surface area (Å²) in [5, 5.41) is 9.92. The lowest BCUT2D eigenvalue weighted by molar-refractivity contribution is 0.0690. The molecule has 2 heterocycles. The van der Waals surface area contributed by atoms with Gasteiger partial charge in [0, 0.05) is 29.7 Å². The Bertz CT molecular complexity index is 877. The number of hydrogen-bond acceptors (Lipinski definition) is 3. The third kappa shape index (κ3) is 1.87. The average Bonchev–Trinajstić information content (AvgIpc) is 2.76. The minimum Gasteiger partial charge on any atom is -0.477 e. The molecule has 0 unspecified atom stereocenters. The van der Waals surface area contributed by atoms with Gasteiger partial charge in [0.05, 0.1) is 5.69 Å². The van der Waals surface area contributed by atoms with E-state index in [1.807, 2.05) is 42.1 Å². The minimum absolute atomic E-state index is 0.173. The second kappa shape index (κ2) is 4.34. The van der Waals surface area contributed by atoms with Crippen molar-refractivity contribution in [2.24, 2.45) is 7.05 Å². The summed E-state index contributed by atoms with van der Waals surface area (Å²) >= 11 is 0. The van der Waals surface area contributed by atoms with Crippen molar-refractivity contribution in [3.05, 3.63) is 52.7 Å². The molecule has 100 valence electrons. The molecule has 3 rings (SSSR count). The molecule has 0 aliphatic carbocycles. The molecule has 0 aliphatic rings. The van der Waals surface area contributed by atoms with Gasteiger partial charge in [-0.05, 0) is 12.1 Å². The van der Waals surface area contributed by atoms with Crippen molar-refractivity contribution in [1.29, 1.82) is 0 Å². The van der Waals surface area contributed by atoms with Gasteiger partial charge in [0.15, 0.2) is 0 Å². The predicted molar refractivity (Wildman–Crippen MR) is 73.7 cm³/mol. The number of carboxylic acids is 1. The second-order valence-electron chi connectivity index (χ2n) is 4.46. The molecule has 0 bridgehead atoms. The maximum Gasteiger partial charge on any atom is 0.352 e. The standard InChI is InChI=1S/C14H11N3O3/c1-17-7-9(8-4-2-3-5-12(8)17)10-6-11(13(18)19)16-14(20)15-10/h2-7H,1H3,(H,18,19)(H,15,16,20). The van der Waals surface area contributed by atoms with Crippen LogP contribution in [0.15, 0.2) is 41.3 Å². The summed E-state index contributed by atoms with van der Waals surface area (Å²) < 4.78 is 1.91. The Balaban J connectivity index is 2.31. The number of fused-ring (bicyclic) bond motifs is 1. The van der Waals surface area contributed by atoms with Crippen LogP contribution in [0.5, 0.6) is 0 Å². The van der Waals surface area contributed by atoms with Gasteiger partial charge in [-0.2, -0.15) is 4.98 Å². The molecular formula is C14H11N3O3. The number of aryl methyl sites for hydroxylation is 1. The number of H-pyrrole nitrogens is 1. The summed E-state index contributed by atoms with van der Waals surface area (Å²) in [5.74, 6) is -1.19. The fourth-order valence-corrected chi connectivity index (χ4v) is 2.26. The molecule has 2 aromatic heterocycles. The van der Waals surface area contributed by atoms with Crippen molar-refractivity contribution in [2.75, 3.05) is 0 Å². The quantitative estimate of drug-likeness (QED) is 0.740.